The van der Waals surface area contributed by atoms with Crippen LogP contribution in [-0.4, -0.2) is 34.7 Å². The summed E-state index contributed by atoms with van der Waals surface area (Å²) in [6.07, 6.45) is -5.17. The van der Waals surface area contributed by atoms with Gasteiger partial charge in [0, 0.05) is 0 Å². The van der Waals surface area contributed by atoms with E-state index in [9.17, 15) is 23.1 Å². The number of furan rings is 1. The summed E-state index contributed by atoms with van der Waals surface area (Å²) in [5.74, 6) is -2.80. The Labute approximate surface area is 135 Å². The summed E-state index contributed by atoms with van der Waals surface area (Å²) in [5, 5.41) is 14.0. The zero-order valence-electron chi connectivity index (χ0n) is 12.2. The molecule has 128 valence electrons. The Bertz CT molecular complexity index is 619. The molecule has 1 saturated heterocycles. The normalized spacial score (nSPS) is 28.0. The summed E-state index contributed by atoms with van der Waals surface area (Å²) in [6, 6.07) is 1.60. The molecule has 6 nitrogen and oxygen atoms in total. The van der Waals surface area contributed by atoms with Crippen LogP contribution >= 0.6 is 12.2 Å². The highest BCUT2D eigenvalue weighted by atomic mass is 32.1. The lowest BCUT2D eigenvalue weighted by Crippen LogP contribution is -2.72. The van der Waals surface area contributed by atoms with E-state index in [0.717, 1.165) is 0 Å². The third kappa shape index (κ3) is 3.13. The molecule has 1 aliphatic heterocycles. The van der Waals surface area contributed by atoms with Gasteiger partial charge in [0.25, 0.3) is 5.72 Å². The van der Waals surface area contributed by atoms with E-state index in [1.165, 1.54) is 19.1 Å². The minimum atomic E-state index is -5.17. The van der Waals surface area contributed by atoms with Gasteiger partial charge in [0.05, 0.1) is 6.61 Å². The first kappa shape index (κ1) is 17.5. The Morgan fingerprint density at radius 1 is 1.52 bits per heavy atom. The summed E-state index contributed by atoms with van der Waals surface area (Å²) < 4.78 is 50.2. The summed E-state index contributed by atoms with van der Waals surface area (Å²) in [5.41, 5.74) is -3.58. The second-order valence-electron chi connectivity index (χ2n) is 5.02. The van der Waals surface area contributed by atoms with Crippen LogP contribution in [0.2, 0.25) is 0 Å². The molecule has 0 aromatic carbocycles. The molecule has 0 aliphatic carbocycles. The van der Waals surface area contributed by atoms with Crippen LogP contribution < -0.4 is 10.6 Å². The van der Waals surface area contributed by atoms with Crippen molar-refractivity contribution in [2.75, 3.05) is 6.61 Å². The van der Waals surface area contributed by atoms with Crippen LogP contribution in [-0.2, 0) is 9.53 Å². The van der Waals surface area contributed by atoms with Gasteiger partial charge in [-0.2, -0.15) is 13.2 Å². The number of halogens is 3. The molecule has 1 aliphatic rings. The minimum absolute atomic E-state index is 0.0343. The van der Waals surface area contributed by atoms with Crippen LogP contribution in [0.25, 0.3) is 0 Å². The van der Waals surface area contributed by atoms with E-state index in [1.807, 2.05) is 0 Å². The quantitative estimate of drug-likeness (QED) is 0.562. The van der Waals surface area contributed by atoms with Gasteiger partial charge >= 0.3 is 12.1 Å². The molecule has 10 heteroatoms. The molecule has 23 heavy (non-hydrogen) atoms. The van der Waals surface area contributed by atoms with Gasteiger partial charge in [-0.15, -0.1) is 0 Å². The average molecular weight is 352 g/mol. The van der Waals surface area contributed by atoms with Crippen molar-refractivity contribution < 1.29 is 32.2 Å². The maximum Gasteiger partial charge on any atom is 0.437 e. The number of alkyl halides is 3. The number of ether oxygens (including phenoxy) is 1. The topological polar surface area (TPSA) is 83.7 Å². The van der Waals surface area contributed by atoms with Crippen LogP contribution in [0.5, 0.6) is 0 Å². The van der Waals surface area contributed by atoms with Gasteiger partial charge in [0.1, 0.15) is 23.5 Å². The second kappa shape index (κ2) is 6.00. The van der Waals surface area contributed by atoms with Gasteiger partial charge in [-0.3, -0.25) is 4.79 Å². The van der Waals surface area contributed by atoms with Crippen molar-refractivity contribution in [3.05, 3.63) is 23.7 Å². The Morgan fingerprint density at radius 2 is 2.17 bits per heavy atom. The highest BCUT2D eigenvalue weighted by Crippen LogP contribution is 2.43. The fourth-order valence-corrected chi connectivity index (χ4v) is 2.68. The van der Waals surface area contributed by atoms with Gasteiger partial charge in [0.2, 0.25) is 0 Å². The molecule has 3 N–H and O–H groups in total. The van der Waals surface area contributed by atoms with Crippen molar-refractivity contribution in [3.8, 4) is 0 Å². The van der Waals surface area contributed by atoms with Crippen molar-refractivity contribution in [3.63, 3.8) is 0 Å². The number of thiocarbonyl (C=S) groups is 1. The number of aryl methyl sites for hydroxylation is 1. The lowest BCUT2D eigenvalue weighted by Gasteiger charge is -2.44. The van der Waals surface area contributed by atoms with E-state index in [0.29, 0.717) is 5.76 Å². The Balaban J connectivity index is 2.53. The van der Waals surface area contributed by atoms with Crippen LogP contribution in [0.3, 0.4) is 0 Å². The molecule has 1 aromatic heterocycles. The van der Waals surface area contributed by atoms with Gasteiger partial charge < -0.3 is 24.9 Å². The molecule has 0 bridgehead atoms. The zero-order chi connectivity index (χ0) is 17.4. The number of carbonyl (C=O) groups is 1. The SMILES string of the molecule is CCOC(=O)[C@@H]1[C@@H](c2ccc(C)o2)NC(=S)N[C@@]1(O)C(F)(F)F. The van der Waals surface area contributed by atoms with Gasteiger partial charge in [0.15, 0.2) is 5.11 Å². The van der Waals surface area contributed by atoms with Crippen molar-refractivity contribution in [1.29, 1.82) is 0 Å². The fraction of sp³-hybridized carbons (Fsp3) is 0.538. The van der Waals surface area contributed by atoms with Crippen LogP contribution in [0.4, 0.5) is 13.2 Å². The first-order valence-corrected chi connectivity index (χ1v) is 7.11. The van der Waals surface area contributed by atoms with Crippen LogP contribution in [0, 0.1) is 12.8 Å². The number of hydrogen-bond donors (Lipinski definition) is 3. The van der Waals surface area contributed by atoms with Gasteiger partial charge in [-0.1, -0.05) is 0 Å². The summed E-state index contributed by atoms with van der Waals surface area (Å²) in [4.78, 5) is 12.1. The molecule has 2 heterocycles. The van der Waals surface area contributed by atoms with E-state index in [4.69, 9.17) is 21.4 Å². The molecule has 2 rings (SSSR count). The molecule has 1 fully saturated rings. The van der Waals surface area contributed by atoms with Gasteiger partial charge in [-0.05, 0) is 38.2 Å². The average Bonchev–Trinajstić information content (AvgIpc) is 2.83. The van der Waals surface area contributed by atoms with E-state index < -0.39 is 34.9 Å². The number of aliphatic hydroxyl groups is 1. The molecule has 1 aromatic rings. The molecule has 0 spiro atoms. The third-order valence-corrected chi connectivity index (χ3v) is 3.63. The molecular weight excluding hydrogens is 337 g/mol. The number of esters is 1. The van der Waals surface area contributed by atoms with E-state index in [-0.39, 0.29) is 12.4 Å². The monoisotopic (exact) mass is 352 g/mol. The van der Waals surface area contributed by atoms with Gasteiger partial charge in [-0.25, -0.2) is 0 Å². The Kier molecular flexibility index (Phi) is 4.58. The first-order valence-electron chi connectivity index (χ1n) is 6.71. The number of hydrogen-bond acceptors (Lipinski definition) is 5. The smallest absolute Gasteiger partial charge is 0.437 e. The standard InChI is InChI=1S/C13H15F3N2O4S/c1-3-21-10(19)8-9(7-5-4-6(2)22-7)17-11(23)18-12(8,20)13(14,15)16/h4-5,8-9,20H,3H2,1-2H3,(H2,17,18,23)/t8-,9+,12-/m0/s1. The molecular formula is C13H15F3N2O4S. The summed E-state index contributed by atoms with van der Waals surface area (Å²) >= 11 is 4.74. The summed E-state index contributed by atoms with van der Waals surface area (Å²) in [6.45, 7) is 2.90. The van der Waals surface area contributed by atoms with Crippen molar-refractivity contribution >= 4 is 23.3 Å². The maximum absolute atomic E-state index is 13.4. The lowest BCUT2D eigenvalue weighted by molar-refractivity contribution is -0.292. The summed E-state index contributed by atoms with van der Waals surface area (Å²) in [7, 11) is 0. The fourth-order valence-electron chi connectivity index (χ4n) is 2.39. The molecule has 0 saturated carbocycles. The predicted octanol–water partition coefficient (Wildman–Crippen LogP) is 1.54. The third-order valence-electron chi connectivity index (χ3n) is 3.41. The van der Waals surface area contributed by atoms with Crippen molar-refractivity contribution in [2.24, 2.45) is 5.92 Å². The maximum atomic E-state index is 13.4. The van der Waals surface area contributed by atoms with Crippen molar-refractivity contribution in [1.82, 2.24) is 10.6 Å². The molecule has 0 radical (unpaired) electrons. The number of carbonyl (C=O) groups excluding carboxylic acids is 1. The van der Waals surface area contributed by atoms with E-state index >= 15 is 0 Å². The highest BCUT2D eigenvalue weighted by Gasteiger charge is 2.67. The van der Waals surface area contributed by atoms with Crippen LogP contribution in [0.15, 0.2) is 16.5 Å². The molecule has 3 atom stereocenters. The zero-order valence-corrected chi connectivity index (χ0v) is 13.0. The molecule has 0 unspecified atom stereocenters. The Hall–Kier alpha value is -1.81. The van der Waals surface area contributed by atoms with Crippen LogP contribution in [0.1, 0.15) is 24.5 Å². The molecule has 0 amide bonds. The minimum Gasteiger partial charge on any atom is -0.466 e. The number of nitrogens with one attached hydrogen (secondary N) is 2. The first-order chi connectivity index (χ1) is 10.6. The van der Waals surface area contributed by atoms with E-state index in [2.05, 4.69) is 5.32 Å². The van der Waals surface area contributed by atoms with Crippen molar-refractivity contribution in [2.45, 2.75) is 31.8 Å². The highest BCUT2D eigenvalue weighted by molar-refractivity contribution is 7.80. The lowest BCUT2D eigenvalue weighted by atomic mass is 9.84. The van der Waals surface area contributed by atoms with E-state index in [1.54, 1.807) is 12.2 Å². The largest absolute Gasteiger partial charge is 0.466 e. The second-order valence-corrected chi connectivity index (χ2v) is 5.43. The predicted molar refractivity (Wildman–Crippen MR) is 76.2 cm³/mol. The number of rotatable bonds is 3. The Morgan fingerprint density at radius 3 is 2.65 bits per heavy atom.